The van der Waals surface area contributed by atoms with Crippen LogP contribution >= 0.6 is 11.6 Å². The Bertz CT molecular complexity index is 936. The van der Waals surface area contributed by atoms with E-state index < -0.39 is 23.4 Å². The Hall–Kier alpha value is -3.37. The standard InChI is InChI=1S/C19H20ClN3O7/c1-28-8-7-21-15-5-4-13(23(26)27)10-14(15)19(25)30-11-18(24)22-16-9-12(20)3-6-17(16)29-2/h3-6,9-10,21H,7-8,11H2,1-2H3,(H,22,24). The molecule has 11 heteroatoms. The molecule has 0 heterocycles. The van der Waals surface area contributed by atoms with E-state index in [0.717, 1.165) is 6.07 Å². The number of benzene rings is 2. The number of non-ortho nitro benzene ring substituents is 1. The van der Waals surface area contributed by atoms with Gasteiger partial charge in [-0.25, -0.2) is 4.79 Å². The van der Waals surface area contributed by atoms with Crippen molar-refractivity contribution in [3.05, 3.63) is 57.1 Å². The Balaban J connectivity index is 2.09. The molecule has 10 nitrogen and oxygen atoms in total. The highest BCUT2D eigenvalue weighted by molar-refractivity contribution is 6.31. The number of rotatable bonds is 10. The van der Waals surface area contributed by atoms with E-state index in [2.05, 4.69) is 10.6 Å². The molecule has 0 radical (unpaired) electrons. The molecule has 0 aliphatic carbocycles. The van der Waals surface area contributed by atoms with Crippen molar-refractivity contribution >= 4 is 40.5 Å². The summed E-state index contributed by atoms with van der Waals surface area (Å²) in [6.07, 6.45) is 0. The lowest BCUT2D eigenvalue weighted by atomic mass is 10.1. The smallest absolute Gasteiger partial charge is 0.341 e. The van der Waals surface area contributed by atoms with E-state index in [1.54, 1.807) is 12.1 Å². The van der Waals surface area contributed by atoms with Gasteiger partial charge in [-0.05, 0) is 24.3 Å². The molecule has 0 aliphatic heterocycles. The van der Waals surface area contributed by atoms with Gasteiger partial charge in [0.25, 0.3) is 11.6 Å². The number of amides is 1. The molecule has 2 aromatic rings. The van der Waals surface area contributed by atoms with Crippen LogP contribution in [0.5, 0.6) is 5.75 Å². The van der Waals surface area contributed by atoms with Crippen LogP contribution < -0.4 is 15.4 Å². The zero-order chi connectivity index (χ0) is 22.1. The molecule has 0 aromatic heterocycles. The number of esters is 1. The number of nitrogens with one attached hydrogen (secondary N) is 2. The molecular formula is C19H20ClN3O7. The fourth-order valence-corrected chi connectivity index (χ4v) is 2.60. The van der Waals surface area contributed by atoms with Gasteiger partial charge in [0.2, 0.25) is 0 Å². The van der Waals surface area contributed by atoms with Gasteiger partial charge in [0, 0.05) is 36.5 Å². The Kier molecular flexibility index (Phi) is 8.39. The number of halogens is 1. The van der Waals surface area contributed by atoms with Crippen LogP contribution in [0.2, 0.25) is 5.02 Å². The number of nitro benzene ring substituents is 1. The fourth-order valence-electron chi connectivity index (χ4n) is 2.43. The van der Waals surface area contributed by atoms with Gasteiger partial charge in [-0.15, -0.1) is 0 Å². The van der Waals surface area contributed by atoms with Gasteiger partial charge in [0.15, 0.2) is 6.61 Å². The van der Waals surface area contributed by atoms with Crippen LogP contribution in [0.25, 0.3) is 0 Å². The molecule has 2 aromatic carbocycles. The largest absolute Gasteiger partial charge is 0.495 e. The first kappa shape index (κ1) is 22.9. The number of carbonyl (C=O) groups is 2. The molecule has 2 rings (SSSR count). The van der Waals surface area contributed by atoms with Crippen molar-refractivity contribution in [1.82, 2.24) is 0 Å². The number of hydrogen-bond donors (Lipinski definition) is 2. The predicted octanol–water partition coefficient (Wildman–Crippen LogP) is 3.11. The average molecular weight is 438 g/mol. The summed E-state index contributed by atoms with van der Waals surface area (Å²) in [6.45, 7) is 0.105. The fraction of sp³-hybridized carbons (Fsp3) is 0.263. The van der Waals surface area contributed by atoms with E-state index >= 15 is 0 Å². The molecule has 0 saturated carbocycles. The number of anilines is 2. The summed E-state index contributed by atoms with van der Waals surface area (Å²) in [5, 5.41) is 16.9. The van der Waals surface area contributed by atoms with E-state index in [0.29, 0.717) is 35.3 Å². The topological polar surface area (TPSA) is 129 Å². The van der Waals surface area contributed by atoms with Gasteiger partial charge in [-0.3, -0.25) is 14.9 Å². The second-order valence-corrected chi connectivity index (χ2v) is 6.31. The van der Waals surface area contributed by atoms with E-state index in [-0.39, 0.29) is 11.3 Å². The van der Waals surface area contributed by atoms with E-state index in [1.165, 1.54) is 32.4 Å². The predicted molar refractivity (Wildman–Crippen MR) is 110 cm³/mol. The minimum absolute atomic E-state index is 0.0755. The second-order valence-electron chi connectivity index (χ2n) is 5.88. The molecule has 0 fully saturated rings. The number of ether oxygens (including phenoxy) is 3. The maximum Gasteiger partial charge on any atom is 0.341 e. The van der Waals surface area contributed by atoms with Crippen LogP contribution in [-0.4, -0.2) is 50.8 Å². The van der Waals surface area contributed by atoms with Gasteiger partial charge < -0.3 is 24.8 Å². The molecular weight excluding hydrogens is 418 g/mol. The summed E-state index contributed by atoms with van der Waals surface area (Å²) in [4.78, 5) is 35.0. The molecule has 0 atom stereocenters. The molecule has 0 aliphatic rings. The number of hydrogen-bond acceptors (Lipinski definition) is 8. The average Bonchev–Trinajstić information content (AvgIpc) is 2.72. The van der Waals surface area contributed by atoms with Crippen molar-refractivity contribution in [3.63, 3.8) is 0 Å². The summed E-state index contributed by atoms with van der Waals surface area (Å²) >= 11 is 5.91. The zero-order valence-electron chi connectivity index (χ0n) is 16.3. The highest BCUT2D eigenvalue weighted by atomic mass is 35.5. The minimum Gasteiger partial charge on any atom is -0.495 e. The maximum absolute atomic E-state index is 12.5. The molecule has 0 saturated heterocycles. The SMILES string of the molecule is COCCNc1ccc([N+](=O)[O-])cc1C(=O)OCC(=O)Nc1cc(Cl)ccc1OC. The van der Waals surface area contributed by atoms with Crippen molar-refractivity contribution in [2.75, 3.05) is 44.6 Å². The first-order valence-electron chi connectivity index (χ1n) is 8.67. The lowest BCUT2D eigenvalue weighted by molar-refractivity contribution is -0.384. The Labute approximate surface area is 177 Å². The van der Waals surface area contributed by atoms with Crippen LogP contribution in [0.15, 0.2) is 36.4 Å². The third-order valence-corrected chi connectivity index (χ3v) is 4.06. The van der Waals surface area contributed by atoms with E-state index in [1.807, 2.05) is 0 Å². The van der Waals surface area contributed by atoms with E-state index in [9.17, 15) is 19.7 Å². The number of methoxy groups -OCH3 is 2. The van der Waals surface area contributed by atoms with Gasteiger partial charge in [0.05, 0.1) is 29.9 Å². The summed E-state index contributed by atoms with van der Waals surface area (Å²) in [6, 6.07) is 8.38. The Morgan fingerprint density at radius 1 is 1.13 bits per heavy atom. The number of nitro groups is 1. The lowest BCUT2D eigenvalue weighted by Gasteiger charge is -2.13. The molecule has 0 bridgehead atoms. The minimum atomic E-state index is -0.896. The summed E-state index contributed by atoms with van der Waals surface area (Å²) in [7, 11) is 2.94. The van der Waals surface area contributed by atoms with Crippen molar-refractivity contribution < 1.29 is 28.7 Å². The van der Waals surface area contributed by atoms with Gasteiger partial charge >= 0.3 is 5.97 Å². The molecule has 160 valence electrons. The third kappa shape index (κ3) is 6.33. The van der Waals surface area contributed by atoms with E-state index in [4.69, 9.17) is 25.8 Å². The quantitative estimate of drug-likeness (QED) is 0.251. The molecule has 2 N–H and O–H groups in total. The third-order valence-electron chi connectivity index (χ3n) is 3.83. The molecule has 0 unspecified atom stereocenters. The van der Waals surface area contributed by atoms with Gasteiger partial charge in [-0.1, -0.05) is 11.6 Å². The Morgan fingerprint density at radius 2 is 1.90 bits per heavy atom. The maximum atomic E-state index is 12.5. The van der Waals surface area contributed by atoms with Gasteiger partial charge in [-0.2, -0.15) is 0 Å². The summed E-state index contributed by atoms with van der Waals surface area (Å²) in [5.41, 5.74) is 0.267. The van der Waals surface area contributed by atoms with Crippen LogP contribution in [-0.2, 0) is 14.3 Å². The van der Waals surface area contributed by atoms with Crippen molar-refractivity contribution in [3.8, 4) is 5.75 Å². The lowest BCUT2D eigenvalue weighted by Crippen LogP contribution is -2.22. The first-order chi connectivity index (χ1) is 14.3. The summed E-state index contributed by atoms with van der Waals surface area (Å²) < 4.78 is 15.1. The monoisotopic (exact) mass is 437 g/mol. The van der Waals surface area contributed by atoms with Crippen LogP contribution in [0.3, 0.4) is 0 Å². The molecule has 1 amide bonds. The first-order valence-corrected chi connectivity index (χ1v) is 9.05. The molecule has 0 spiro atoms. The van der Waals surface area contributed by atoms with Crippen LogP contribution in [0.1, 0.15) is 10.4 Å². The van der Waals surface area contributed by atoms with Crippen molar-refractivity contribution in [2.24, 2.45) is 0 Å². The normalized spacial score (nSPS) is 10.2. The van der Waals surface area contributed by atoms with Crippen LogP contribution in [0, 0.1) is 10.1 Å². The molecule has 30 heavy (non-hydrogen) atoms. The highest BCUT2D eigenvalue weighted by Gasteiger charge is 2.19. The second kappa shape index (κ2) is 11.0. The number of nitrogens with zero attached hydrogens (tertiary/aromatic N) is 1. The van der Waals surface area contributed by atoms with Crippen molar-refractivity contribution in [2.45, 2.75) is 0 Å². The van der Waals surface area contributed by atoms with Crippen LogP contribution in [0.4, 0.5) is 17.1 Å². The van der Waals surface area contributed by atoms with Crippen molar-refractivity contribution in [1.29, 1.82) is 0 Å². The number of carbonyl (C=O) groups excluding carboxylic acids is 2. The van der Waals surface area contributed by atoms with Gasteiger partial charge in [0.1, 0.15) is 5.75 Å². The Morgan fingerprint density at radius 3 is 2.57 bits per heavy atom. The zero-order valence-corrected chi connectivity index (χ0v) is 17.0. The summed E-state index contributed by atoms with van der Waals surface area (Å²) in [5.74, 6) is -1.16. The highest BCUT2D eigenvalue weighted by Crippen LogP contribution is 2.27.